The van der Waals surface area contributed by atoms with Gasteiger partial charge in [0.2, 0.25) is 0 Å². The molecule has 0 unspecified atom stereocenters. The van der Waals surface area contributed by atoms with Crippen molar-refractivity contribution in [3.8, 4) is 0 Å². The van der Waals surface area contributed by atoms with Crippen LogP contribution in [0.4, 0.5) is 17.6 Å². The van der Waals surface area contributed by atoms with Gasteiger partial charge in [0.1, 0.15) is 0 Å². The predicted molar refractivity (Wildman–Crippen MR) is 87.1 cm³/mol. The fourth-order valence-electron chi connectivity index (χ4n) is 4.37. The van der Waals surface area contributed by atoms with Gasteiger partial charge in [-0.2, -0.15) is 17.6 Å². The van der Waals surface area contributed by atoms with Gasteiger partial charge in [-0.15, -0.1) is 0 Å². The summed E-state index contributed by atoms with van der Waals surface area (Å²) in [6, 6.07) is 0. The summed E-state index contributed by atoms with van der Waals surface area (Å²) in [5.74, 6) is -7.80. The van der Waals surface area contributed by atoms with Gasteiger partial charge in [-0.25, -0.2) is 0 Å². The lowest BCUT2D eigenvalue weighted by molar-refractivity contribution is -0.177. The Morgan fingerprint density at radius 3 is 1.09 bits per heavy atom. The van der Waals surface area contributed by atoms with Crippen molar-refractivity contribution in [1.82, 2.24) is 0 Å². The van der Waals surface area contributed by atoms with Crippen molar-refractivity contribution in [2.24, 2.45) is 0 Å². The highest BCUT2D eigenvalue weighted by Crippen LogP contribution is 2.81. The zero-order chi connectivity index (χ0) is 16.4. The van der Waals surface area contributed by atoms with Gasteiger partial charge in [-0.1, -0.05) is 43.5 Å². The molecule has 0 amide bonds. The summed E-state index contributed by atoms with van der Waals surface area (Å²) < 4.78 is 57.4. The Kier molecular flexibility index (Phi) is 4.22. The van der Waals surface area contributed by atoms with Crippen LogP contribution in [0.1, 0.15) is 53.4 Å². The molecule has 22 heavy (non-hydrogen) atoms. The maximum atomic E-state index is 14.4. The largest absolute Gasteiger partial charge is 0.340 e. The maximum absolute atomic E-state index is 14.4. The van der Waals surface area contributed by atoms with Crippen LogP contribution >= 0.6 is 15.8 Å². The van der Waals surface area contributed by atoms with E-state index in [0.29, 0.717) is 0 Å². The second-order valence-corrected chi connectivity index (χ2v) is 13.3. The van der Waals surface area contributed by atoms with Crippen LogP contribution in [0, 0.1) is 0 Å². The van der Waals surface area contributed by atoms with Crippen LogP contribution in [0.25, 0.3) is 0 Å². The molecule has 0 saturated carbocycles. The smallest absolute Gasteiger partial charge is 0.194 e. The molecule has 2 fully saturated rings. The van der Waals surface area contributed by atoms with Gasteiger partial charge >= 0.3 is 11.8 Å². The molecule has 0 aromatic carbocycles. The summed E-state index contributed by atoms with van der Waals surface area (Å²) in [7, 11) is -2.23. The van der Waals surface area contributed by atoms with Crippen LogP contribution < -0.4 is 0 Å². The number of hydrogen-bond acceptors (Lipinski definition) is 0. The zero-order valence-corrected chi connectivity index (χ0v) is 15.3. The molecule has 0 radical (unpaired) electrons. The van der Waals surface area contributed by atoms with Crippen LogP contribution in [0.5, 0.6) is 0 Å². The van der Waals surface area contributed by atoms with Gasteiger partial charge in [-0.05, 0) is 48.3 Å². The minimum atomic E-state index is -3.90. The molecule has 4 atom stereocenters. The lowest BCUT2D eigenvalue weighted by atomic mass is 10.00. The first kappa shape index (κ1) is 17.2. The SMILES string of the molecule is C[C@@H]1CC[C@@H](C)P1C1=C(P2[C@H](C)CC[C@H]2C)C(F)(F)C1(F)F. The zero-order valence-electron chi connectivity index (χ0n) is 13.5. The second kappa shape index (κ2) is 5.41. The van der Waals surface area contributed by atoms with E-state index in [1.807, 2.05) is 27.7 Å². The minimum Gasteiger partial charge on any atom is -0.194 e. The average molecular weight is 354 g/mol. The van der Waals surface area contributed by atoms with Crippen LogP contribution in [-0.4, -0.2) is 34.5 Å². The Morgan fingerprint density at radius 2 is 0.864 bits per heavy atom. The first-order chi connectivity index (χ1) is 10.1. The minimum absolute atomic E-state index is 0.0864. The van der Waals surface area contributed by atoms with Crippen molar-refractivity contribution < 1.29 is 17.6 Å². The van der Waals surface area contributed by atoms with Gasteiger partial charge in [0.25, 0.3) is 0 Å². The highest BCUT2D eigenvalue weighted by Gasteiger charge is 2.74. The fourth-order valence-corrected chi connectivity index (χ4v) is 12.0. The van der Waals surface area contributed by atoms with Crippen LogP contribution in [0.2, 0.25) is 0 Å². The summed E-state index contributed by atoms with van der Waals surface area (Å²) in [5, 5.41) is -0.173. The summed E-state index contributed by atoms with van der Waals surface area (Å²) in [4.78, 5) is 0. The van der Waals surface area contributed by atoms with E-state index in [4.69, 9.17) is 0 Å². The molecule has 0 aromatic heterocycles. The van der Waals surface area contributed by atoms with E-state index in [-0.39, 0.29) is 33.3 Å². The Hall–Kier alpha value is 0.320. The number of allylic oxidation sites excluding steroid dienone is 2. The highest BCUT2D eigenvalue weighted by atomic mass is 31.1. The normalized spacial score (nSPS) is 42.0. The number of rotatable bonds is 2. The predicted octanol–water partition coefficient (Wildman–Crippen LogP) is 6.59. The van der Waals surface area contributed by atoms with Gasteiger partial charge < -0.3 is 0 Å². The molecular weight excluding hydrogens is 330 g/mol. The van der Waals surface area contributed by atoms with Crippen molar-refractivity contribution in [1.29, 1.82) is 0 Å². The third-order valence-electron chi connectivity index (χ3n) is 5.63. The summed E-state index contributed by atoms with van der Waals surface area (Å²) in [5.41, 5.74) is 0.612. The quantitative estimate of drug-likeness (QED) is 0.388. The second-order valence-electron chi connectivity index (χ2n) is 7.21. The number of halogens is 4. The van der Waals surface area contributed by atoms with Crippen molar-refractivity contribution in [3.05, 3.63) is 10.6 Å². The van der Waals surface area contributed by atoms with Crippen molar-refractivity contribution in [3.63, 3.8) is 0 Å². The van der Waals surface area contributed by atoms with E-state index in [1.165, 1.54) is 0 Å². The Labute approximate surface area is 132 Å². The molecular formula is C16H24F4P2. The van der Waals surface area contributed by atoms with E-state index in [9.17, 15) is 17.6 Å². The van der Waals surface area contributed by atoms with Crippen molar-refractivity contribution in [2.45, 2.75) is 87.9 Å². The van der Waals surface area contributed by atoms with E-state index < -0.39 is 27.7 Å². The van der Waals surface area contributed by atoms with E-state index >= 15 is 0 Å². The maximum Gasteiger partial charge on any atom is 0.340 e. The highest BCUT2D eigenvalue weighted by molar-refractivity contribution is 7.68. The van der Waals surface area contributed by atoms with Crippen LogP contribution in [0.3, 0.4) is 0 Å². The average Bonchev–Trinajstić information content (AvgIpc) is 2.91. The number of alkyl halides is 4. The van der Waals surface area contributed by atoms with Gasteiger partial charge in [0.15, 0.2) is 0 Å². The Bertz CT molecular complexity index is 438. The van der Waals surface area contributed by atoms with Crippen LogP contribution in [-0.2, 0) is 0 Å². The summed E-state index contributed by atoms with van der Waals surface area (Å²) in [6.45, 7) is 7.89. The monoisotopic (exact) mass is 354 g/mol. The molecule has 0 nitrogen and oxygen atoms in total. The molecule has 0 spiro atoms. The fraction of sp³-hybridized carbons (Fsp3) is 0.875. The molecule has 2 aliphatic heterocycles. The van der Waals surface area contributed by atoms with E-state index in [2.05, 4.69) is 0 Å². The molecule has 2 saturated heterocycles. The molecule has 0 aromatic rings. The van der Waals surface area contributed by atoms with Gasteiger partial charge in [0, 0.05) is 10.6 Å². The van der Waals surface area contributed by atoms with E-state index in [0.717, 1.165) is 25.7 Å². The molecule has 3 rings (SSSR count). The third-order valence-corrected chi connectivity index (χ3v) is 12.7. The molecule has 0 N–H and O–H groups in total. The first-order valence-corrected chi connectivity index (χ1v) is 11.1. The summed E-state index contributed by atoms with van der Waals surface area (Å²) >= 11 is 0. The Morgan fingerprint density at radius 1 is 0.636 bits per heavy atom. The van der Waals surface area contributed by atoms with Crippen molar-refractivity contribution >= 4 is 15.8 Å². The summed E-state index contributed by atoms with van der Waals surface area (Å²) in [6.07, 6.45) is 3.59. The topological polar surface area (TPSA) is 0 Å². The van der Waals surface area contributed by atoms with Gasteiger partial charge in [0.05, 0.1) is 0 Å². The molecule has 6 heteroatoms. The lowest BCUT2D eigenvalue weighted by Gasteiger charge is -2.49. The molecule has 126 valence electrons. The molecule has 0 bridgehead atoms. The number of hydrogen-bond donors (Lipinski definition) is 0. The lowest BCUT2D eigenvalue weighted by Crippen LogP contribution is -2.53. The standard InChI is InChI=1S/C16H24F4P2/c1-9-5-6-10(2)21(9)13-14(16(19,20)15(13,17)18)22-11(3)7-8-12(22)4/h9-12H,5-8H2,1-4H3/t9-,10-,11-,12-/m1/s1. The van der Waals surface area contributed by atoms with Crippen LogP contribution in [0.15, 0.2) is 10.6 Å². The molecule has 1 aliphatic carbocycles. The first-order valence-electron chi connectivity index (χ1n) is 8.18. The molecule has 3 aliphatic rings. The van der Waals surface area contributed by atoms with Crippen molar-refractivity contribution in [2.75, 3.05) is 0 Å². The Balaban J connectivity index is 2.10. The molecule has 2 heterocycles. The third kappa shape index (κ3) is 2.16. The van der Waals surface area contributed by atoms with Gasteiger partial charge in [-0.3, -0.25) is 0 Å². The van der Waals surface area contributed by atoms with E-state index in [1.54, 1.807) is 0 Å².